The van der Waals surface area contributed by atoms with Gasteiger partial charge in [0.15, 0.2) is 6.29 Å². The first-order valence-electron chi connectivity index (χ1n) is 19.0. The van der Waals surface area contributed by atoms with Gasteiger partial charge in [0.1, 0.15) is 11.5 Å². The topological polar surface area (TPSA) is 133 Å². The smallest absolute Gasteiger partial charge is 0.319 e. The standard InChI is InChI=1S/C46H42N6O5S/c1-31-42(30-58-46-49-50-51-52(46)39-14-4-2-5-15-39)56-44(57-43(31)34-20-18-32(29-53)19-21-34)37-13-9-12-36(27-37)35-11-8-10-33(26-35)28-47-45(54)48-38-22-24-41(25-23-38)55-40-16-6-3-7-17-40/h2-27,31,42-44,53H,28-30H2,1H3,(H2,47,48,54)/t31-,42+,43+,44+/m1/s1. The Kier molecular flexibility index (Phi) is 12.2. The van der Waals surface area contributed by atoms with Crippen LogP contribution < -0.4 is 15.4 Å². The number of aliphatic hydroxyl groups is 1. The number of nitrogens with zero attached hydrogens (tertiary/aromatic N) is 4. The molecule has 1 fully saturated rings. The van der Waals surface area contributed by atoms with Gasteiger partial charge in [0.25, 0.3) is 0 Å². The van der Waals surface area contributed by atoms with Crippen molar-refractivity contribution in [3.8, 4) is 28.3 Å². The molecule has 6 aromatic carbocycles. The van der Waals surface area contributed by atoms with Crippen LogP contribution in [0.3, 0.4) is 0 Å². The molecule has 12 heteroatoms. The van der Waals surface area contributed by atoms with Crippen molar-refractivity contribution in [2.24, 2.45) is 5.92 Å². The maximum Gasteiger partial charge on any atom is 0.319 e. The van der Waals surface area contributed by atoms with Crippen LogP contribution in [0.25, 0.3) is 16.8 Å². The fourth-order valence-electron chi connectivity index (χ4n) is 6.78. The molecule has 1 aliphatic rings. The van der Waals surface area contributed by atoms with E-state index in [4.69, 9.17) is 14.2 Å². The molecule has 2 heterocycles. The van der Waals surface area contributed by atoms with Gasteiger partial charge in [-0.1, -0.05) is 116 Å². The number of tetrazole rings is 1. The lowest BCUT2D eigenvalue weighted by atomic mass is 9.91. The first kappa shape index (κ1) is 38.6. The first-order valence-corrected chi connectivity index (χ1v) is 20.0. The summed E-state index contributed by atoms with van der Waals surface area (Å²) in [7, 11) is 0. The molecule has 1 aliphatic heterocycles. The van der Waals surface area contributed by atoms with E-state index in [1.165, 1.54) is 0 Å². The Morgan fingerprint density at radius 2 is 1.47 bits per heavy atom. The van der Waals surface area contributed by atoms with Crippen LogP contribution in [-0.2, 0) is 22.6 Å². The number of carbonyl (C=O) groups is 1. The number of amides is 2. The lowest BCUT2D eigenvalue weighted by Gasteiger charge is -2.41. The summed E-state index contributed by atoms with van der Waals surface area (Å²) < 4.78 is 21.1. The van der Waals surface area contributed by atoms with Gasteiger partial charge in [-0.2, -0.15) is 4.68 Å². The van der Waals surface area contributed by atoms with E-state index in [-0.39, 0.29) is 30.8 Å². The van der Waals surface area contributed by atoms with Crippen LogP contribution in [0.15, 0.2) is 163 Å². The van der Waals surface area contributed by atoms with Crippen LogP contribution in [0, 0.1) is 5.92 Å². The largest absolute Gasteiger partial charge is 0.457 e. The molecule has 0 unspecified atom stereocenters. The predicted octanol–water partition coefficient (Wildman–Crippen LogP) is 9.52. The van der Waals surface area contributed by atoms with Gasteiger partial charge in [0, 0.05) is 29.5 Å². The zero-order valence-corrected chi connectivity index (χ0v) is 32.5. The van der Waals surface area contributed by atoms with E-state index in [0.717, 1.165) is 44.8 Å². The minimum atomic E-state index is -0.651. The zero-order chi connectivity index (χ0) is 39.7. The Hall–Kier alpha value is -6.31. The molecule has 0 spiro atoms. The van der Waals surface area contributed by atoms with Gasteiger partial charge in [-0.25, -0.2) is 4.79 Å². The average molecular weight is 791 g/mol. The van der Waals surface area contributed by atoms with E-state index >= 15 is 0 Å². The van der Waals surface area contributed by atoms with E-state index in [9.17, 15) is 9.90 Å². The van der Waals surface area contributed by atoms with Crippen LogP contribution in [0.4, 0.5) is 10.5 Å². The summed E-state index contributed by atoms with van der Waals surface area (Å²) in [5, 5.41) is 28.7. The molecule has 0 saturated carbocycles. The molecule has 1 aromatic heterocycles. The zero-order valence-electron chi connectivity index (χ0n) is 31.7. The van der Waals surface area contributed by atoms with Crippen molar-refractivity contribution in [2.75, 3.05) is 11.1 Å². The quantitative estimate of drug-likeness (QED) is 0.0978. The summed E-state index contributed by atoms with van der Waals surface area (Å²) in [6.45, 7) is 2.45. The molecule has 0 bridgehead atoms. The minimum absolute atomic E-state index is 0.0117. The number of hydrogen-bond donors (Lipinski definition) is 3. The van der Waals surface area contributed by atoms with Crippen molar-refractivity contribution in [2.45, 2.75) is 43.7 Å². The summed E-state index contributed by atoms with van der Waals surface area (Å²) in [4.78, 5) is 12.8. The number of benzene rings is 6. The van der Waals surface area contributed by atoms with Gasteiger partial charge in [0.2, 0.25) is 5.16 Å². The second-order valence-corrected chi connectivity index (χ2v) is 14.9. The third-order valence-corrected chi connectivity index (χ3v) is 10.9. The predicted molar refractivity (Wildman–Crippen MR) is 224 cm³/mol. The van der Waals surface area contributed by atoms with E-state index < -0.39 is 6.29 Å². The molecule has 1 saturated heterocycles. The Morgan fingerprint density at radius 1 is 0.759 bits per heavy atom. The van der Waals surface area contributed by atoms with Crippen molar-refractivity contribution >= 4 is 23.5 Å². The second kappa shape index (κ2) is 18.3. The van der Waals surface area contributed by atoms with Crippen LogP contribution in [-0.4, -0.2) is 43.2 Å². The van der Waals surface area contributed by atoms with E-state index in [1.54, 1.807) is 28.6 Å². The molecule has 0 radical (unpaired) electrons. The summed E-state index contributed by atoms with van der Waals surface area (Å²) >= 11 is 1.54. The molecule has 4 atom stereocenters. The average Bonchev–Trinajstić information content (AvgIpc) is 3.76. The summed E-state index contributed by atoms with van der Waals surface area (Å²) in [5.74, 6) is 2.01. The molecular weight excluding hydrogens is 749 g/mol. The lowest BCUT2D eigenvalue weighted by molar-refractivity contribution is -0.268. The van der Waals surface area contributed by atoms with E-state index in [2.05, 4.69) is 51.3 Å². The highest BCUT2D eigenvalue weighted by Gasteiger charge is 2.38. The van der Waals surface area contributed by atoms with Crippen molar-refractivity contribution in [3.05, 3.63) is 180 Å². The van der Waals surface area contributed by atoms with Crippen molar-refractivity contribution in [1.82, 2.24) is 25.5 Å². The third kappa shape index (κ3) is 9.44. The molecule has 8 rings (SSSR count). The molecule has 3 N–H and O–H groups in total. The fraction of sp³-hybridized carbons (Fsp3) is 0.174. The molecule has 0 aliphatic carbocycles. The SMILES string of the molecule is C[C@@H]1[C@H](CSc2nnnn2-c2ccccc2)O[C@H](c2cccc(-c3cccc(CNC(=O)Nc4ccc(Oc5ccccc5)cc4)c3)c2)O[C@@H]1c1ccc(CO)cc1. The summed E-state index contributed by atoms with van der Waals surface area (Å²) in [6, 6.07) is 50.5. The van der Waals surface area contributed by atoms with Gasteiger partial charge in [-0.05, 0) is 98.9 Å². The molecule has 292 valence electrons. The first-order chi connectivity index (χ1) is 28.5. The number of anilines is 1. The summed E-state index contributed by atoms with van der Waals surface area (Å²) in [6.07, 6.45) is -1.13. The van der Waals surface area contributed by atoms with E-state index in [0.29, 0.717) is 28.9 Å². The van der Waals surface area contributed by atoms with Crippen molar-refractivity contribution in [1.29, 1.82) is 0 Å². The highest BCUT2D eigenvalue weighted by atomic mass is 32.2. The summed E-state index contributed by atoms with van der Waals surface area (Å²) in [5.41, 5.74) is 7.20. The van der Waals surface area contributed by atoms with Crippen molar-refractivity contribution < 1.29 is 24.1 Å². The van der Waals surface area contributed by atoms with E-state index in [1.807, 2.05) is 127 Å². The Bertz CT molecular complexity index is 2410. The van der Waals surface area contributed by atoms with Gasteiger partial charge in [-0.15, -0.1) is 5.10 Å². The van der Waals surface area contributed by atoms with Crippen LogP contribution in [0.2, 0.25) is 0 Å². The number of aliphatic hydroxyl groups excluding tert-OH is 1. The number of ether oxygens (including phenoxy) is 3. The van der Waals surface area contributed by atoms with Gasteiger partial charge < -0.3 is 30.0 Å². The second-order valence-electron chi connectivity index (χ2n) is 13.9. The highest BCUT2D eigenvalue weighted by molar-refractivity contribution is 7.99. The molecule has 7 aromatic rings. The number of carbonyl (C=O) groups excluding carboxylic acids is 1. The minimum Gasteiger partial charge on any atom is -0.457 e. The van der Waals surface area contributed by atoms with Crippen LogP contribution in [0.1, 0.15) is 41.6 Å². The number of thioether (sulfide) groups is 1. The van der Waals surface area contributed by atoms with Gasteiger partial charge in [0.05, 0.1) is 24.5 Å². The molecule has 58 heavy (non-hydrogen) atoms. The number of hydrogen-bond acceptors (Lipinski definition) is 9. The Labute approximate surface area is 341 Å². The maximum absolute atomic E-state index is 12.8. The van der Waals surface area contributed by atoms with Gasteiger partial charge in [-0.3, -0.25) is 0 Å². The fourth-order valence-corrected chi connectivity index (χ4v) is 7.83. The Balaban J connectivity index is 0.948. The highest BCUT2D eigenvalue weighted by Crippen LogP contribution is 2.43. The third-order valence-electron chi connectivity index (χ3n) is 9.91. The molecule has 2 amide bonds. The monoisotopic (exact) mass is 790 g/mol. The van der Waals surface area contributed by atoms with Crippen molar-refractivity contribution in [3.63, 3.8) is 0 Å². The molecule has 11 nitrogen and oxygen atoms in total. The maximum atomic E-state index is 12.8. The Morgan fingerprint density at radius 3 is 2.22 bits per heavy atom. The number of urea groups is 1. The number of rotatable bonds is 13. The van der Waals surface area contributed by atoms with Gasteiger partial charge >= 0.3 is 6.03 Å². The number of para-hydroxylation sites is 2. The normalized spacial score (nSPS) is 17.7. The number of aromatic nitrogens is 4. The van der Waals surface area contributed by atoms with Crippen LogP contribution >= 0.6 is 11.8 Å². The molecular formula is C46H42N6O5S. The number of nitrogens with one attached hydrogen (secondary N) is 2. The van der Waals surface area contributed by atoms with Crippen LogP contribution in [0.5, 0.6) is 11.5 Å². The lowest BCUT2D eigenvalue weighted by Crippen LogP contribution is -2.38.